The van der Waals surface area contributed by atoms with Crippen LogP contribution in [-0.4, -0.2) is 25.1 Å². The maximum Gasteiger partial charge on any atom is 0.340 e. The summed E-state index contributed by atoms with van der Waals surface area (Å²) in [6, 6.07) is 9.69. The number of carbonyl (C=O) groups excluding carboxylic acids is 1. The fraction of sp³-hybridized carbons (Fsp3) is 0.250. The molecule has 110 valence electrons. The van der Waals surface area contributed by atoms with E-state index in [9.17, 15) is 4.79 Å². The standard InChI is InChI=1S/C16H19N3O2/c1-4-11-5-7-12(8-6-11)19(2)15-14(17)13(9-10-18-15)16(20)21-3/h5-10H,4,17H2,1-3H3. The van der Waals surface area contributed by atoms with Gasteiger partial charge in [-0.3, -0.25) is 0 Å². The second-order valence-corrected chi connectivity index (χ2v) is 4.67. The maximum absolute atomic E-state index is 11.7. The fourth-order valence-electron chi connectivity index (χ4n) is 2.09. The lowest BCUT2D eigenvalue weighted by molar-refractivity contribution is 0.0602. The summed E-state index contributed by atoms with van der Waals surface area (Å²) in [5.74, 6) is 0.0630. The Kier molecular flexibility index (Phi) is 4.42. The van der Waals surface area contributed by atoms with E-state index in [1.165, 1.54) is 12.7 Å². The molecule has 5 nitrogen and oxygen atoms in total. The number of aromatic nitrogens is 1. The SMILES string of the molecule is CCc1ccc(N(C)c2nccc(C(=O)OC)c2N)cc1. The van der Waals surface area contributed by atoms with Crippen molar-refractivity contribution in [2.45, 2.75) is 13.3 Å². The second kappa shape index (κ2) is 6.26. The van der Waals surface area contributed by atoms with Crippen molar-refractivity contribution in [3.63, 3.8) is 0 Å². The number of rotatable bonds is 4. The van der Waals surface area contributed by atoms with Gasteiger partial charge >= 0.3 is 5.97 Å². The molecule has 1 heterocycles. The number of aryl methyl sites for hydroxylation is 1. The summed E-state index contributed by atoms with van der Waals surface area (Å²) in [6.45, 7) is 2.11. The normalized spacial score (nSPS) is 10.2. The van der Waals surface area contributed by atoms with E-state index >= 15 is 0 Å². The van der Waals surface area contributed by atoms with Gasteiger partial charge < -0.3 is 15.4 Å². The predicted octanol–water partition coefficient (Wildman–Crippen LogP) is 2.78. The van der Waals surface area contributed by atoms with Crippen LogP contribution in [0.5, 0.6) is 0 Å². The Morgan fingerprint density at radius 3 is 2.52 bits per heavy atom. The first-order valence-electron chi connectivity index (χ1n) is 6.74. The van der Waals surface area contributed by atoms with Crippen LogP contribution >= 0.6 is 0 Å². The molecule has 0 atom stereocenters. The van der Waals surface area contributed by atoms with Gasteiger partial charge in [0.2, 0.25) is 0 Å². The molecule has 21 heavy (non-hydrogen) atoms. The average Bonchev–Trinajstić information content (AvgIpc) is 2.54. The van der Waals surface area contributed by atoms with Gasteiger partial charge in [-0.25, -0.2) is 9.78 Å². The second-order valence-electron chi connectivity index (χ2n) is 4.67. The highest BCUT2D eigenvalue weighted by Gasteiger charge is 2.17. The number of anilines is 3. The summed E-state index contributed by atoms with van der Waals surface area (Å²) in [5.41, 5.74) is 8.89. The van der Waals surface area contributed by atoms with E-state index in [0.29, 0.717) is 17.1 Å². The van der Waals surface area contributed by atoms with Crippen LogP contribution in [0.4, 0.5) is 17.2 Å². The van der Waals surface area contributed by atoms with Crippen LogP contribution < -0.4 is 10.6 Å². The van der Waals surface area contributed by atoms with E-state index < -0.39 is 5.97 Å². The molecule has 0 bridgehead atoms. The maximum atomic E-state index is 11.7. The van der Waals surface area contributed by atoms with Crippen LogP contribution in [0, 0.1) is 0 Å². The zero-order valence-corrected chi connectivity index (χ0v) is 12.5. The molecule has 2 aromatic rings. The average molecular weight is 285 g/mol. The zero-order chi connectivity index (χ0) is 15.4. The smallest absolute Gasteiger partial charge is 0.340 e. The molecule has 0 fully saturated rings. The summed E-state index contributed by atoms with van der Waals surface area (Å²) in [7, 11) is 3.19. The van der Waals surface area contributed by atoms with Crippen molar-refractivity contribution in [1.82, 2.24) is 4.98 Å². The first kappa shape index (κ1) is 14.8. The molecule has 0 saturated heterocycles. The molecule has 5 heteroatoms. The number of hydrogen-bond acceptors (Lipinski definition) is 5. The van der Waals surface area contributed by atoms with Crippen LogP contribution in [-0.2, 0) is 11.2 Å². The predicted molar refractivity (Wildman–Crippen MR) is 83.9 cm³/mol. The third kappa shape index (κ3) is 2.97. The highest BCUT2D eigenvalue weighted by Crippen LogP contribution is 2.29. The minimum atomic E-state index is -0.467. The topological polar surface area (TPSA) is 68.5 Å². The molecule has 0 saturated carbocycles. The number of nitrogens with two attached hydrogens (primary N) is 1. The minimum Gasteiger partial charge on any atom is -0.465 e. The number of nitrogens with zero attached hydrogens (tertiary/aromatic N) is 2. The molecule has 1 aromatic carbocycles. The van der Waals surface area contributed by atoms with Crippen LogP contribution in [0.1, 0.15) is 22.8 Å². The molecule has 0 aliphatic rings. The molecular weight excluding hydrogens is 266 g/mol. The van der Waals surface area contributed by atoms with Gasteiger partial charge in [0, 0.05) is 18.9 Å². The molecule has 2 N–H and O–H groups in total. The van der Waals surface area contributed by atoms with Crippen molar-refractivity contribution in [2.24, 2.45) is 0 Å². The monoisotopic (exact) mass is 285 g/mol. The molecule has 2 rings (SSSR count). The van der Waals surface area contributed by atoms with Crippen molar-refractivity contribution in [1.29, 1.82) is 0 Å². The van der Waals surface area contributed by atoms with Gasteiger partial charge in [-0.2, -0.15) is 0 Å². The lowest BCUT2D eigenvalue weighted by Crippen LogP contribution is -2.16. The molecule has 0 amide bonds. The van der Waals surface area contributed by atoms with Gasteiger partial charge in [0.15, 0.2) is 5.82 Å². The lowest BCUT2D eigenvalue weighted by atomic mass is 10.1. The minimum absolute atomic E-state index is 0.311. The number of benzene rings is 1. The first-order valence-corrected chi connectivity index (χ1v) is 6.74. The van der Waals surface area contributed by atoms with Crippen molar-refractivity contribution in [3.8, 4) is 0 Å². The molecule has 0 aliphatic heterocycles. The van der Waals surface area contributed by atoms with Gasteiger partial charge in [-0.05, 0) is 30.2 Å². The van der Waals surface area contributed by atoms with Crippen LogP contribution in [0.25, 0.3) is 0 Å². The van der Waals surface area contributed by atoms with Crippen molar-refractivity contribution in [2.75, 3.05) is 24.8 Å². The van der Waals surface area contributed by atoms with Crippen LogP contribution in [0.15, 0.2) is 36.5 Å². The van der Waals surface area contributed by atoms with E-state index in [1.807, 2.05) is 24.1 Å². The summed E-state index contributed by atoms with van der Waals surface area (Å²) >= 11 is 0. The van der Waals surface area contributed by atoms with Crippen LogP contribution in [0.2, 0.25) is 0 Å². The molecule has 0 spiro atoms. The van der Waals surface area contributed by atoms with E-state index in [2.05, 4.69) is 24.0 Å². The molecule has 1 aromatic heterocycles. The number of pyridine rings is 1. The Bertz CT molecular complexity index is 638. The van der Waals surface area contributed by atoms with Crippen LogP contribution in [0.3, 0.4) is 0 Å². The number of methoxy groups -OCH3 is 1. The van der Waals surface area contributed by atoms with Gasteiger partial charge in [0.05, 0.1) is 18.4 Å². The molecule has 0 aliphatic carbocycles. The number of hydrogen-bond donors (Lipinski definition) is 1. The summed E-state index contributed by atoms with van der Waals surface area (Å²) < 4.78 is 4.72. The van der Waals surface area contributed by atoms with E-state index in [-0.39, 0.29) is 0 Å². The van der Waals surface area contributed by atoms with Gasteiger partial charge in [0.25, 0.3) is 0 Å². The Morgan fingerprint density at radius 2 is 1.95 bits per heavy atom. The van der Waals surface area contributed by atoms with E-state index in [4.69, 9.17) is 10.5 Å². The fourth-order valence-corrected chi connectivity index (χ4v) is 2.09. The number of ether oxygens (including phenoxy) is 1. The third-order valence-electron chi connectivity index (χ3n) is 3.42. The number of carbonyl (C=O) groups is 1. The van der Waals surface area contributed by atoms with E-state index in [1.54, 1.807) is 12.3 Å². The quantitative estimate of drug-likeness (QED) is 0.875. The van der Waals surface area contributed by atoms with Gasteiger partial charge in [0.1, 0.15) is 0 Å². The lowest BCUT2D eigenvalue weighted by Gasteiger charge is -2.21. The number of esters is 1. The molecule has 0 radical (unpaired) electrons. The Balaban J connectivity index is 2.38. The Labute approximate surface area is 124 Å². The number of nitrogen functional groups attached to an aromatic ring is 1. The Morgan fingerprint density at radius 1 is 1.29 bits per heavy atom. The highest BCUT2D eigenvalue weighted by molar-refractivity contribution is 5.98. The zero-order valence-electron chi connectivity index (χ0n) is 12.5. The summed E-state index contributed by atoms with van der Waals surface area (Å²) in [4.78, 5) is 17.8. The first-order chi connectivity index (χ1) is 10.1. The van der Waals surface area contributed by atoms with Gasteiger partial charge in [-0.1, -0.05) is 19.1 Å². The Hall–Kier alpha value is -2.56. The van der Waals surface area contributed by atoms with Gasteiger partial charge in [-0.15, -0.1) is 0 Å². The summed E-state index contributed by atoms with van der Waals surface area (Å²) in [5, 5.41) is 0. The molecule has 0 unspecified atom stereocenters. The third-order valence-corrected chi connectivity index (χ3v) is 3.42. The van der Waals surface area contributed by atoms with E-state index in [0.717, 1.165) is 12.1 Å². The van der Waals surface area contributed by atoms with Crippen molar-refractivity contribution >= 4 is 23.2 Å². The van der Waals surface area contributed by atoms with Crippen molar-refractivity contribution < 1.29 is 9.53 Å². The van der Waals surface area contributed by atoms with Crippen molar-refractivity contribution in [3.05, 3.63) is 47.7 Å². The highest BCUT2D eigenvalue weighted by atomic mass is 16.5. The largest absolute Gasteiger partial charge is 0.465 e. The summed E-state index contributed by atoms with van der Waals surface area (Å²) in [6.07, 6.45) is 2.54. The molecular formula is C16H19N3O2.